The van der Waals surface area contributed by atoms with Gasteiger partial charge in [0.2, 0.25) is 11.8 Å². The predicted molar refractivity (Wildman–Crippen MR) is 129 cm³/mol. The molecule has 5 atom stereocenters. The van der Waals surface area contributed by atoms with Crippen LogP contribution in [0.15, 0.2) is 18.3 Å². The molecule has 0 aliphatic carbocycles. The Hall–Kier alpha value is -2.95. The van der Waals surface area contributed by atoms with Crippen molar-refractivity contribution >= 4 is 17.6 Å². The minimum absolute atomic E-state index is 0.0108. The molecule has 1 aromatic rings. The molecule has 2 unspecified atom stereocenters. The van der Waals surface area contributed by atoms with Crippen LogP contribution in [0.4, 0.5) is 19.0 Å². The van der Waals surface area contributed by atoms with Gasteiger partial charge in [-0.1, -0.05) is 0 Å². The van der Waals surface area contributed by atoms with Crippen molar-refractivity contribution in [2.24, 2.45) is 5.92 Å². The van der Waals surface area contributed by atoms with Crippen LogP contribution in [0, 0.1) is 17.2 Å². The first-order valence-electron chi connectivity index (χ1n) is 13.1. The number of nitriles is 1. The van der Waals surface area contributed by atoms with Crippen LogP contribution in [-0.4, -0.2) is 96.3 Å². The Morgan fingerprint density at radius 1 is 1.13 bits per heavy atom. The second kappa shape index (κ2) is 11.0. The second-order valence-corrected chi connectivity index (χ2v) is 10.4. The van der Waals surface area contributed by atoms with Gasteiger partial charge in [0.05, 0.1) is 24.2 Å². The van der Waals surface area contributed by atoms with E-state index in [1.165, 1.54) is 6.20 Å². The predicted octanol–water partition coefficient (Wildman–Crippen LogP) is 1.19. The van der Waals surface area contributed by atoms with Crippen molar-refractivity contribution in [3.8, 4) is 6.07 Å². The molecule has 4 aliphatic rings. The number of hydrogen-bond acceptors (Lipinski definition) is 8. The normalized spacial score (nSPS) is 30.8. The quantitative estimate of drug-likeness (QED) is 0.578. The molecule has 0 saturated carbocycles. The van der Waals surface area contributed by atoms with Gasteiger partial charge in [0.1, 0.15) is 11.9 Å². The fraction of sp³-hybridized carbons (Fsp3) is 0.680. The number of nitrogens with one attached hydrogen (secondary N) is 2. The lowest BCUT2D eigenvalue weighted by Crippen LogP contribution is -2.65. The standard InChI is InChI=1S/C25H32F3N7O3/c26-25(27,28)23-19(15-31-32-24(23)37)35-7-1-2-18(35)20-5-4-17(38-20)12-22(36)34-10-8-33(9-11-34)21-6-3-16(13-29)14-30-21/h3,6,14,17-20,23,31H,1-2,4-5,7-12,15H2,(H,32,37)/t17-,18-,19?,20+,23?/m0/s1. The largest absolute Gasteiger partial charge is 0.402 e. The number of aromatic nitrogens is 1. The number of hydrazine groups is 1. The molecular weight excluding hydrogens is 503 g/mol. The van der Waals surface area contributed by atoms with Gasteiger partial charge in [0, 0.05) is 51.0 Å². The van der Waals surface area contributed by atoms with Gasteiger partial charge in [-0.25, -0.2) is 10.4 Å². The van der Waals surface area contributed by atoms with Crippen LogP contribution in [0.5, 0.6) is 0 Å². The van der Waals surface area contributed by atoms with Crippen molar-refractivity contribution in [1.29, 1.82) is 5.26 Å². The number of likely N-dealkylation sites (tertiary alicyclic amines) is 1. The van der Waals surface area contributed by atoms with Crippen LogP contribution in [0.25, 0.3) is 0 Å². The number of carbonyl (C=O) groups is 2. The zero-order chi connectivity index (χ0) is 26.9. The molecule has 206 valence electrons. The first-order chi connectivity index (χ1) is 18.2. The highest BCUT2D eigenvalue weighted by atomic mass is 19.4. The molecule has 10 nitrogen and oxygen atoms in total. The highest BCUT2D eigenvalue weighted by Crippen LogP contribution is 2.38. The van der Waals surface area contributed by atoms with E-state index in [4.69, 9.17) is 10.00 Å². The van der Waals surface area contributed by atoms with Crippen LogP contribution in [0.3, 0.4) is 0 Å². The zero-order valence-corrected chi connectivity index (χ0v) is 21.0. The molecule has 38 heavy (non-hydrogen) atoms. The maximum absolute atomic E-state index is 13.7. The molecule has 4 fully saturated rings. The third-order valence-corrected chi connectivity index (χ3v) is 8.12. The molecule has 13 heteroatoms. The Bertz CT molecular complexity index is 1060. The van der Waals surface area contributed by atoms with Crippen molar-refractivity contribution in [1.82, 2.24) is 25.6 Å². The molecule has 0 spiro atoms. The van der Waals surface area contributed by atoms with E-state index in [0.29, 0.717) is 57.5 Å². The van der Waals surface area contributed by atoms with Gasteiger partial charge in [-0.15, -0.1) is 0 Å². The summed E-state index contributed by atoms with van der Waals surface area (Å²) in [5.41, 5.74) is 5.24. The molecule has 4 saturated heterocycles. The molecule has 5 rings (SSSR count). The van der Waals surface area contributed by atoms with Crippen LogP contribution in [0.2, 0.25) is 0 Å². The number of rotatable bonds is 5. The number of pyridine rings is 1. The number of alkyl halides is 3. The fourth-order valence-corrected chi connectivity index (χ4v) is 6.23. The van der Waals surface area contributed by atoms with Gasteiger partial charge in [-0.2, -0.15) is 18.4 Å². The van der Waals surface area contributed by atoms with Crippen molar-refractivity contribution in [2.75, 3.05) is 44.2 Å². The molecule has 2 N–H and O–H groups in total. The highest BCUT2D eigenvalue weighted by Gasteiger charge is 2.55. The number of anilines is 1. The van der Waals surface area contributed by atoms with Gasteiger partial charge in [0.15, 0.2) is 5.92 Å². The number of hydrogen-bond donors (Lipinski definition) is 2. The summed E-state index contributed by atoms with van der Waals surface area (Å²) >= 11 is 0. The number of nitrogens with zero attached hydrogens (tertiary/aromatic N) is 5. The fourth-order valence-electron chi connectivity index (χ4n) is 6.23. The van der Waals surface area contributed by atoms with E-state index in [9.17, 15) is 22.8 Å². The summed E-state index contributed by atoms with van der Waals surface area (Å²) in [5, 5.41) is 8.93. The van der Waals surface area contributed by atoms with E-state index in [1.54, 1.807) is 11.0 Å². The maximum atomic E-state index is 13.7. The molecule has 0 aromatic carbocycles. The zero-order valence-electron chi connectivity index (χ0n) is 21.0. The van der Waals surface area contributed by atoms with Crippen molar-refractivity contribution in [2.45, 2.75) is 62.6 Å². The van der Waals surface area contributed by atoms with E-state index >= 15 is 0 Å². The van der Waals surface area contributed by atoms with E-state index in [0.717, 1.165) is 12.2 Å². The molecular formula is C25H32F3N7O3. The summed E-state index contributed by atoms with van der Waals surface area (Å²) in [7, 11) is 0. The third-order valence-electron chi connectivity index (χ3n) is 8.12. The maximum Gasteiger partial charge on any atom is 0.402 e. The summed E-state index contributed by atoms with van der Waals surface area (Å²) in [4.78, 5) is 35.1. The van der Waals surface area contributed by atoms with E-state index < -0.39 is 24.0 Å². The van der Waals surface area contributed by atoms with E-state index in [-0.39, 0.29) is 37.1 Å². The van der Waals surface area contributed by atoms with Gasteiger partial charge >= 0.3 is 6.18 Å². The minimum atomic E-state index is -4.63. The van der Waals surface area contributed by atoms with E-state index in [1.807, 2.05) is 11.0 Å². The Morgan fingerprint density at radius 2 is 1.92 bits per heavy atom. The number of amides is 2. The molecule has 1 aromatic heterocycles. The third kappa shape index (κ3) is 5.57. The Kier molecular flexibility index (Phi) is 7.74. The molecule has 4 aliphatic heterocycles. The number of ether oxygens (including phenoxy) is 1. The van der Waals surface area contributed by atoms with Crippen molar-refractivity contribution in [3.05, 3.63) is 23.9 Å². The van der Waals surface area contributed by atoms with Gasteiger partial charge in [-0.05, 0) is 44.4 Å². The molecule has 5 heterocycles. The van der Waals surface area contributed by atoms with Crippen LogP contribution < -0.4 is 15.8 Å². The Morgan fingerprint density at radius 3 is 2.61 bits per heavy atom. The Balaban J connectivity index is 1.13. The van der Waals surface area contributed by atoms with Crippen LogP contribution in [-0.2, 0) is 14.3 Å². The first kappa shape index (κ1) is 26.6. The van der Waals surface area contributed by atoms with E-state index in [2.05, 4.69) is 26.8 Å². The van der Waals surface area contributed by atoms with Crippen molar-refractivity contribution in [3.63, 3.8) is 0 Å². The average Bonchev–Trinajstić information content (AvgIpc) is 3.57. The lowest BCUT2D eigenvalue weighted by atomic mass is 9.93. The monoisotopic (exact) mass is 535 g/mol. The number of carbonyl (C=O) groups excluding carboxylic acids is 2. The molecule has 0 bridgehead atoms. The average molecular weight is 536 g/mol. The second-order valence-electron chi connectivity index (χ2n) is 10.4. The molecule has 0 radical (unpaired) electrons. The van der Waals surface area contributed by atoms with Crippen LogP contribution in [0.1, 0.15) is 37.7 Å². The smallest absolute Gasteiger partial charge is 0.373 e. The van der Waals surface area contributed by atoms with Crippen LogP contribution >= 0.6 is 0 Å². The Labute approximate surface area is 219 Å². The summed E-state index contributed by atoms with van der Waals surface area (Å²) in [5.74, 6) is -2.35. The summed E-state index contributed by atoms with van der Waals surface area (Å²) < 4.78 is 47.4. The molecule has 2 amide bonds. The summed E-state index contributed by atoms with van der Waals surface area (Å²) in [6.45, 7) is 2.90. The minimum Gasteiger partial charge on any atom is -0.373 e. The SMILES string of the molecule is N#Cc1ccc(N2CCN(C(=O)C[C@@H]3CC[C@H]([C@@H]4CCCN4C4CNNC(=O)C4C(F)(F)F)O3)CC2)nc1. The highest BCUT2D eigenvalue weighted by molar-refractivity contribution is 5.80. The lowest BCUT2D eigenvalue weighted by molar-refractivity contribution is -0.202. The van der Waals surface area contributed by atoms with Gasteiger partial charge in [-0.3, -0.25) is 19.9 Å². The topological polar surface area (TPSA) is 114 Å². The van der Waals surface area contributed by atoms with Crippen molar-refractivity contribution < 1.29 is 27.5 Å². The lowest BCUT2D eigenvalue weighted by Gasteiger charge is -2.42. The number of halogens is 3. The van der Waals surface area contributed by atoms with Gasteiger partial charge < -0.3 is 14.5 Å². The first-order valence-corrected chi connectivity index (χ1v) is 13.1. The summed E-state index contributed by atoms with van der Waals surface area (Å²) in [6, 6.07) is 4.39. The van der Waals surface area contributed by atoms with Gasteiger partial charge in [0.25, 0.3) is 0 Å². The summed E-state index contributed by atoms with van der Waals surface area (Å²) in [6.07, 6.45) is -0.550. The number of piperazine rings is 1.